The number of aromatic nitrogens is 3. The highest BCUT2D eigenvalue weighted by Gasteiger charge is 2.22. The number of nitrogens with two attached hydrogens (primary N) is 1. The lowest BCUT2D eigenvalue weighted by Gasteiger charge is -2.30. The molecule has 0 saturated carbocycles. The van der Waals surface area contributed by atoms with Crippen molar-refractivity contribution in [3.05, 3.63) is 24.0 Å². The fourth-order valence-corrected chi connectivity index (χ4v) is 2.10. The van der Waals surface area contributed by atoms with Gasteiger partial charge < -0.3 is 11.1 Å². The molecule has 2 heterocycles. The highest BCUT2D eigenvalue weighted by Crippen LogP contribution is 2.22. The van der Waals surface area contributed by atoms with Crippen molar-refractivity contribution in [2.45, 2.75) is 39.2 Å². The maximum atomic E-state index is 5.69. The van der Waals surface area contributed by atoms with Gasteiger partial charge in [0.25, 0.3) is 0 Å². The van der Waals surface area contributed by atoms with Gasteiger partial charge in [0, 0.05) is 5.54 Å². The number of rotatable bonds is 5. The smallest absolute Gasteiger partial charge is 0.157 e. The number of aryl methyl sites for hydroxylation is 1. The minimum Gasteiger partial charge on any atom is -0.365 e. The molecule has 0 spiro atoms. The number of fused-ring (bicyclic) bond motifs is 1. The molecule has 0 radical (unpaired) electrons. The zero-order valence-electron chi connectivity index (χ0n) is 11.3. The molecule has 98 valence electrons. The lowest BCUT2D eigenvalue weighted by atomic mass is 9.94. The molecule has 1 unspecified atom stereocenters. The highest BCUT2D eigenvalue weighted by atomic mass is 15.3. The van der Waals surface area contributed by atoms with Crippen LogP contribution < -0.4 is 11.1 Å². The van der Waals surface area contributed by atoms with Crippen molar-refractivity contribution in [2.24, 2.45) is 5.73 Å². The van der Waals surface area contributed by atoms with Gasteiger partial charge in [-0.15, -0.1) is 0 Å². The third kappa shape index (κ3) is 2.46. The molecule has 0 aliphatic heterocycles. The minimum absolute atomic E-state index is 0.0125. The van der Waals surface area contributed by atoms with Crippen molar-refractivity contribution in [3.8, 4) is 0 Å². The molecule has 2 aromatic rings. The van der Waals surface area contributed by atoms with Crippen LogP contribution in [0.4, 0.5) is 5.82 Å². The summed E-state index contributed by atoms with van der Waals surface area (Å²) in [6, 6.07) is 4.11. The second kappa shape index (κ2) is 4.94. The Morgan fingerprint density at radius 3 is 2.89 bits per heavy atom. The Bertz CT molecular complexity index is 533. The lowest BCUT2D eigenvalue weighted by molar-refractivity contribution is 0.460. The second-order valence-corrected chi connectivity index (χ2v) is 5.03. The standard InChI is InChI=1S/C13H21N5/c1-4-13(3,5-6-14)17-12-8-10(2)7-11-15-9-16-18(11)12/h7-9,17H,4-6,14H2,1-3H3. The van der Waals surface area contributed by atoms with E-state index in [1.807, 2.05) is 10.6 Å². The van der Waals surface area contributed by atoms with Gasteiger partial charge in [-0.25, -0.2) is 4.98 Å². The van der Waals surface area contributed by atoms with E-state index in [2.05, 4.69) is 42.2 Å². The van der Waals surface area contributed by atoms with E-state index in [0.29, 0.717) is 6.54 Å². The van der Waals surface area contributed by atoms with Gasteiger partial charge in [-0.05, 0) is 50.9 Å². The molecular formula is C13H21N5. The summed E-state index contributed by atoms with van der Waals surface area (Å²) in [7, 11) is 0. The van der Waals surface area contributed by atoms with Crippen LogP contribution in [-0.4, -0.2) is 26.7 Å². The molecule has 0 aliphatic rings. The largest absolute Gasteiger partial charge is 0.365 e. The number of anilines is 1. The minimum atomic E-state index is -0.0125. The molecule has 0 aliphatic carbocycles. The van der Waals surface area contributed by atoms with E-state index in [1.165, 1.54) is 5.56 Å². The normalized spacial score (nSPS) is 14.7. The lowest BCUT2D eigenvalue weighted by Crippen LogP contribution is -2.37. The summed E-state index contributed by atoms with van der Waals surface area (Å²) < 4.78 is 1.83. The molecule has 2 aromatic heterocycles. The molecule has 0 amide bonds. The summed E-state index contributed by atoms with van der Waals surface area (Å²) in [5.41, 5.74) is 7.71. The predicted molar refractivity (Wildman–Crippen MR) is 73.7 cm³/mol. The zero-order chi connectivity index (χ0) is 13.2. The molecule has 3 N–H and O–H groups in total. The van der Waals surface area contributed by atoms with Gasteiger partial charge in [0.1, 0.15) is 12.1 Å². The molecule has 0 bridgehead atoms. The molecule has 1 atom stereocenters. The Kier molecular flexibility index (Phi) is 3.52. The summed E-state index contributed by atoms with van der Waals surface area (Å²) >= 11 is 0. The summed E-state index contributed by atoms with van der Waals surface area (Å²) in [4.78, 5) is 4.23. The number of hydrogen-bond donors (Lipinski definition) is 2. The Hall–Kier alpha value is -1.62. The SMILES string of the molecule is CCC(C)(CCN)Nc1cc(C)cc2ncnn12. The van der Waals surface area contributed by atoms with Crippen LogP contribution in [0.25, 0.3) is 5.65 Å². The van der Waals surface area contributed by atoms with Crippen molar-refractivity contribution in [1.82, 2.24) is 14.6 Å². The van der Waals surface area contributed by atoms with Crippen LogP contribution in [0.2, 0.25) is 0 Å². The second-order valence-electron chi connectivity index (χ2n) is 5.03. The molecular weight excluding hydrogens is 226 g/mol. The van der Waals surface area contributed by atoms with Gasteiger partial charge in [0.2, 0.25) is 0 Å². The Balaban J connectivity index is 2.38. The molecule has 0 fully saturated rings. The van der Waals surface area contributed by atoms with Crippen molar-refractivity contribution < 1.29 is 0 Å². The van der Waals surface area contributed by atoms with Crippen LogP contribution >= 0.6 is 0 Å². The van der Waals surface area contributed by atoms with Gasteiger partial charge in [-0.2, -0.15) is 9.61 Å². The number of nitrogens with one attached hydrogen (secondary N) is 1. The zero-order valence-corrected chi connectivity index (χ0v) is 11.3. The molecule has 0 saturated heterocycles. The summed E-state index contributed by atoms with van der Waals surface area (Å²) in [6.45, 7) is 7.08. The fourth-order valence-electron chi connectivity index (χ4n) is 2.10. The quantitative estimate of drug-likeness (QED) is 0.847. The van der Waals surface area contributed by atoms with Crippen LogP contribution in [0.5, 0.6) is 0 Å². The van der Waals surface area contributed by atoms with Crippen LogP contribution in [0, 0.1) is 6.92 Å². The molecule has 18 heavy (non-hydrogen) atoms. The summed E-state index contributed by atoms with van der Waals surface area (Å²) in [5.74, 6) is 0.973. The monoisotopic (exact) mass is 247 g/mol. The van der Waals surface area contributed by atoms with Gasteiger partial charge >= 0.3 is 0 Å². The van der Waals surface area contributed by atoms with Crippen LogP contribution in [0.15, 0.2) is 18.5 Å². The number of nitrogens with zero attached hydrogens (tertiary/aromatic N) is 3. The topological polar surface area (TPSA) is 68.2 Å². The van der Waals surface area contributed by atoms with E-state index in [4.69, 9.17) is 5.73 Å². The first-order valence-electron chi connectivity index (χ1n) is 6.36. The summed E-state index contributed by atoms with van der Waals surface area (Å²) in [6.07, 6.45) is 3.51. The first kappa shape index (κ1) is 12.8. The van der Waals surface area contributed by atoms with Crippen LogP contribution in [-0.2, 0) is 0 Å². The van der Waals surface area contributed by atoms with Gasteiger partial charge in [0.15, 0.2) is 5.65 Å². The molecule has 5 nitrogen and oxygen atoms in total. The van der Waals surface area contributed by atoms with E-state index in [-0.39, 0.29) is 5.54 Å². The molecule has 0 aromatic carbocycles. The van der Waals surface area contributed by atoms with Crippen molar-refractivity contribution >= 4 is 11.5 Å². The van der Waals surface area contributed by atoms with Crippen molar-refractivity contribution in [3.63, 3.8) is 0 Å². The van der Waals surface area contributed by atoms with Gasteiger partial charge in [-0.3, -0.25) is 0 Å². The highest BCUT2D eigenvalue weighted by molar-refractivity contribution is 5.52. The van der Waals surface area contributed by atoms with Gasteiger partial charge in [-0.1, -0.05) is 6.92 Å². The average Bonchev–Trinajstić information content (AvgIpc) is 2.77. The Morgan fingerprint density at radius 2 is 2.22 bits per heavy atom. The van der Waals surface area contributed by atoms with E-state index < -0.39 is 0 Å². The Morgan fingerprint density at radius 1 is 1.44 bits per heavy atom. The first-order chi connectivity index (χ1) is 8.58. The summed E-state index contributed by atoms with van der Waals surface area (Å²) in [5, 5.41) is 7.81. The third-order valence-corrected chi connectivity index (χ3v) is 3.43. The van der Waals surface area contributed by atoms with E-state index in [1.54, 1.807) is 6.33 Å². The van der Waals surface area contributed by atoms with Crippen molar-refractivity contribution in [2.75, 3.05) is 11.9 Å². The molecule has 5 heteroatoms. The number of pyridine rings is 1. The Labute approximate surface area is 107 Å². The van der Waals surface area contributed by atoms with E-state index in [9.17, 15) is 0 Å². The average molecular weight is 247 g/mol. The maximum absolute atomic E-state index is 5.69. The fraction of sp³-hybridized carbons (Fsp3) is 0.538. The van der Waals surface area contributed by atoms with Crippen LogP contribution in [0.1, 0.15) is 32.3 Å². The first-order valence-corrected chi connectivity index (χ1v) is 6.36. The van der Waals surface area contributed by atoms with E-state index >= 15 is 0 Å². The predicted octanol–water partition coefficient (Wildman–Crippen LogP) is 1.97. The number of hydrogen-bond acceptors (Lipinski definition) is 4. The van der Waals surface area contributed by atoms with E-state index in [0.717, 1.165) is 24.3 Å². The van der Waals surface area contributed by atoms with Gasteiger partial charge in [0.05, 0.1) is 0 Å². The maximum Gasteiger partial charge on any atom is 0.157 e. The molecule has 2 rings (SSSR count). The van der Waals surface area contributed by atoms with Crippen LogP contribution in [0.3, 0.4) is 0 Å². The van der Waals surface area contributed by atoms with Crippen molar-refractivity contribution in [1.29, 1.82) is 0 Å². The third-order valence-electron chi connectivity index (χ3n) is 3.43.